The summed E-state index contributed by atoms with van der Waals surface area (Å²) in [6.07, 6.45) is -0.874. The molecule has 106 valence electrons. The van der Waals surface area contributed by atoms with E-state index in [4.69, 9.17) is 9.84 Å². The molecule has 0 radical (unpaired) electrons. The highest BCUT2D eigenvalue weighted by molar-refractivity contribution is 6.04. The highest BCUT2D eigenvalue weighted by Gasteiger charge is 2.43. The minimum Gasteiger partial charge on any atom is -0.485 e. The van der Waals surface area contributed by atoms with Gasteiger partial charge in [0.1, 0.15) is 23.6 Å². The molecule has 6 heteroatoms. The molecule has 6 nitrogen and oxygen atoms in total. The summed E-state index contributed by atoms with van der Waals surface area (Å²) in [5, 5.41) is 30.0. The molecule has 2 heterocycles. The summed E-state index contributed by atoms with van der Waals surface area (Å²) >= 11 is 0. The van der Waals surface area contributed by atoms with E-state index in [0.717, 1.165) is 0 Å². The van der Waals surface area contributed by atoms with Gasteiger partial charge in [0.25, 0.3) is 0 Å². The van der Waals surface area contributed by atoms with Crippen molar-refractivity contribution in [3.8, 4) is 5.75 Å². The van der Waals surface area contributed by atoms with Gasteiger partial charge in [-0.15, -0.1) is 0 Å². The van der Waals surface area contributed by atoms with E-state index in [2.05, 4.69) is 4.98 Å². The number of rotatable bonds is 1. The number of aliphatic hydroxyl groups is 2. The summed E-state index contributed by atoms with van der Waals surface area (Å²) in [6, 6.07) is 3.25. The van der Waals surface area contributed by atoms with Crippen LogP contribution in [0.15, 0.2) is 18.3 Å². The predicted molar refractivity (Wildman–Crippen MR) is 70.9 cm³/mol. The molecule has 20 heavy (non-hydrogen) atoms. The summed E-state index contributed by atoms with van der Waals surface area (Å²) in [7, 11) is 0. The third-order valence-corrected chi connectivity index (χ3v) is 3.77. The Morgan fingerprint density at radius 3 is 2.70 bits per heavy atom. The number of ether oxygens (including phenoxy) is 1. The van der Waals surface area contributed by atoms with Gasteiger partial charge >= 0.3 is 5.97 Å². The number of fused-ring (bicyclic) bond motifs is 3. The van der Waals surface area contributed by atoms with Gasteiger partial charge in [-0.1, -0.05) is 0 Å². The SMILES string of the molecule is CC1(C)Oc2ccc3c(C(=O)O)c[nH]c3c2[C@H](O)[C@H]1O. The van der Waals surface area contributed by atoms with Crippen LogP contribution in [0.1, 0.15) is 35.9 Å². The second-order valence-corrected chi connectivity index (χ2v) is 5.50. The largest absolute Gasteiger partial charge is 0.485 e. The smallest absolute Gasteiger partial charge is 0.337 e. The van der Waals surface area contributed by atoms with Gasteiger partial charge in [-0.2, -0.15) is 0 Å². The standard InChI is InChI=1S/C14H15NO5/c1-14(2)12(17)11(16)9-8(20-14)4-3-6-7(13(18)19)5-15-10(6)9/h3-5,11-12,15-17H,1-2H3,(H,18,19)/t11-,12+/m0/s1. The fraction of sp³-hybridized carbons (Fsp3) is 0.357. The summed E-state index contributed by atoms with van der Waals surface area (Å²) in [6.45, 7) is 3.37. The van der Waals surface area contributed by atoms with Crippen molar-refractivity contribution in [2.24, 2.45) is 0 Å². The second-order valence-electron chi connectivity index (χ2n) is 5.50. The lowest BCUT2D eigenvalue weighted by atomic mass is 9.87. The average Bonchev–Trinajstić information content (AvgIpc) is 2.79. The maximum Gasteiger partial charge on any atom is 0.337 e. The number of H-pyrrole nitrogens is 1. The van der Waals surface area contributed by atoms with E-state index < -0.39 is 23.8 Å². The van der Waals surface area contributed by atoms with Crippen LogP contribution in [0.5, 0.6) is 5.75 Å². The number of aromatic amines is 1. The molecule has 1 aromatic heterocycles. The van der Waals surface area contributed by atoms with Gasteiger partial charge in [0.2, 0.25) is 0 Å². The van der Waals surface area contributed by atoms with Gasteiger partial charge in [-0.05, 0) is 26.0 Å². The van der Waals surface area contributed by atoms with Gasteiger partial charge in [-0.3, -0.25) is 0 Å². The second kappa shape index (κ2) is 3.97. The van der Waals surface area contributed by atoms with Crippen LogP contribution in [0.2, 0.25) is 0 Å². The molecule has 4 N–H and O–H groups in total. The van der Waals surface area contributed by atoms with Crippen molar-refractivity contribution >= 4 is 16.9 Å². The number of carbonyl (C=O) groups is 1. The third-order valence-electron chi connectivity index (χ3n) is 3.77. The van der Waals surface area contributed by atoms with Crippen LogP contribution < -0.4 is 4.74 Å². The van der Waals surface area contributed by atoms with E-state index >= 15 is 0 Å². The first-order valence-corrected chi connectivity index (χ1v) is 6.25. The first-order valence-electron chi connectivity index (χ1n) is 6.25. The van der Waals surface area contributed by atoms with Gasteiger partial charge in [0, 0.05) is 17.1 Å². The Morgan fingerprint density at radius 2 is 2.05 bits per heavy atom. The fourth-order valence-electron chi connectivity index (χ4n) is 2.64. The molecule has 0 spiro atoms. The van der Waals surface area contributed by atoms with Crippen LogP contribution in [0, 0.1) is 0 Å². The molecular formula is C14H15NO5. The molecule has 2 aromatic rings. The predicted octanol–water partition coefficient (Wildman–Crippen LogP) is 1.43. The molecule has 3 rings (SSSR count). The molecule has 0 amide bonds. The number of aromatic carboxylic acids is 1. The van der Waals surface area contributed by atoms with E-state index in [1.165, 1.54) is 6.20 Å². The Labute approximate surface area is 114 Å². The molecule has 1 aromatic carbocycles. The monoisotopic (exact) mass is 277 g/mol. The maximum atomic E-state index is 11.1. The van der Waals surface area contributed by atoms with Crippen molar-refractivity contribution in [3.05, 3.63) is 29.5 Å². The fourth-order valence-corrected chi connectivity index (χ4v) is 2.64. The molecule has 0 saturated carbocycles. The molecule has 0 saturated heterocycles. The minimum atomic E-state index is -1.14. The number of carboxylic acids is 1. The molecule has 1 aliphatic heterocycles. The van der Waals surface area contributed by atoms with Crippen LogP contribution in [0.4, 0.5) is 0 Å². The van der Waals surface area contributed by atoms with Gasteiger partial charge in [-0.25, -0.2) is 4.79 Å². The summed E-state index contributed by atoms with van der Waals surface area (Å²) < 4.78 is 5.70. The van der Waals surface area contributed by atoms with Crippen molar-refractivity contribution < 1.29 is 24.9 Å². The van der Waals surface area contributed by atoms with Gasteiger partial charge < -0.3 is 25.0 Å². The molecule has 1 aliphatic rings. The highest BCUT2D eigenvalue weighted by atomic mass is 16.5. The lowest BCUT2D eigenvalue weighted by molar-refractivity contribution is -0.111. The van der Waals surface area contributed by atoms with Crippen LogP contribution in [-0.4, -0.2) is 38.0 Å². The maximum absolute atomic E-state index is 11.1. The number of hydrogen-bond acceptors (Lipinski definition) is 4. The van der Waals surface area contributed by atoms with Crippen LogP contribution in [0.3, 0.4) is 0 Å². The van der Waals surface area contributed by atoms with Crippen molar-refractivity contribution in [1.29, 1.82) is 0 Å². The highest BCUT2D eigenvalue weighted by Crippen LogP contribution is 2.43. The Hall–Kier alpha value is -2.05. The van der Waals surface area contributed by atoms with Crippen LogP contribution >= 0.6 is 0 Å². The molecule has 2 atom stereocenters. The van der Waals surface area contributed by atoms with E-state index in [0.29, 0.717) is 22.2 Å². The first kappa shape index (κ1) is 13.0. The Kier molecular flexibility index (Phi) is 2.57. The lowest BCUT2D eigenvalue weighted by Gasteiger charge is -2.40. The third kappa shape index (κ3) is 1.62. The van der Waals surface area contributed by atoms with Crippen LogP contribution in [0.25, 0.3) is 10.9 Å². The zero-order chi connectivity index (χ0) is 14.7. The normalized spacial score (nSPS) is 24.2. The van der Waals surface area contributed by atoms with Crippen molar-refractivity contribution in [3.63, 3.8) is 0 Å². The van der Waals surface area contributed by atoms with Crippen molar-refractivity contribution in [1.82, 2.24) is 4.98 Å². The summed E-state index contributed by atoms with van der Waals surface area (Å²) in [5.74, 6) is -0.609. The number of carboxylic acid groups (broad SMARTS) is 1. The minimum absolute atomic E-state index is 0.120. The quantitative estimate of drug-likeness (QED) is 0.631. The van der Waals surface area contributed by atoms with E-state index in [1.54, 1.807) is 26.0 Å². The average molecular weight is 277 g/mol. The molecule has 0 unspecified atom stereocenters. The van der Waals surface area contributed by atoms with E-state index in [-0.39, 0.29) is 5.56 Å². The summed E-state index contributed by atoms with van der Waals surface area (Å²) in [5.41, 5.74) is 0.0700. The zero-order valence-electron chi connectivity index (χ0n) is 11.0. The Bertz CT molecular complexity index is 703. The molecule has 0 aliphatic carbocycles. The number of aliphatic hydroxyl groups excluding tert-OH is 2. The molecular weight excluding hydrogens is 262 g/mol. The van der Waals surface area contributed by atoms with Crippen LogP contribution in [-0.2, 0) is 0 Å². The number of hydrogen-bond donors (Lipinski definition) is 4. The number of nitrogens with one attached hydrogen (secondary N) is 1. The van der Waals surface area contributed by atoms with Gasteiger partial charge in [0.15, 0.2) is 0 Å². The van der Waals surface area contributed by atoms with E-state index in [9.17, 15) is 15.0 Å². The van der Waals surface area contributed by atoms with E-state index in [1.807, 2.05) is 0 Å². The van der Waals surface area contributed by atoms with Crippen molar-refractivity contribution in [2.45, 2.75) is 31.7 Å². The molecule has 0 bridgehead atoms. The number of benzene rings is 1. The van der Waals surface area contributed by atoms with Gasteiger partial charge in [0.05, 0.1) is 11.1 Å². The Morgan fingerprint density at radius 1 is 1.35 bits per heavy atom. The Balaban J connectivity index is 2.27. The molecule has 0 fully saturated rings. The van der Waals surface area contributed by atoms with Crippen molar-refractivity contribution in [2.75, 3.05) is 0 Å². The topological polar surface area (TPSA) is 103 Å². The zero-order valence-corrected chi connectivity index (χ0v) is 11.0. The first-order chi connectivity index (χ1) is 9.33. The number of aromatic nitrogens is 1. The lowest BCUT2D eigenvalue weighted by Crippen LogP contribution is -2.48. The summed E-state index contributed by atoms with van der Waals surface area (Å²) in [4.78, 5) is 14.0.